The Labute approximate surface area is 180 Å². The van der Waals surface area contributed by atoms with Crippen molar-refractivity contribution in [3.8, 4) is 17.0 Å². The van der Waals surface area contributed by atoms with Crippen LogP contribution in [-0.4, -0.2) is 29.4 Å². The summed E-state index contributed by atoms with van der Waals surface area (Å²) in [4.78, 5) is 30.5. The first-order valence-electron chi connectivity index (χ1n) is 9.76. The van der Waals surface area contributed by atoms with Gasteiger partial charge in [0.05, 0.1) is 12.3 Å². The first-order chi connectivity index (χ1) is 14.4. The average Bonchev–Trinajstić information content (AvgIpc) is 3.08. The second kappa shape index (κ2) is 9.54. The molecule has 0 fully saturated rings. The van der Waals surface area contributed by atoms with Crippen molar-refractivity contribution >= 4 is 28.3 Å². The molecule has 3 aromatic rings. The topological polar surface area (TPSA) is 80.3 Å². The SMILES string of the molecule is CCOc1ccc(-c2nc(NC(=O)C(C)NC(=O)c3cccc(C)c3)sc2C)cc1. The van der Waals surface area contributed by atoms with E-state index in [9.17, 15) is 9.59 Å². The number of rotatable bonds is 7. The van der Waals surface area contributed by atoms with E-state index in [1.54, 1.807) is 19.1 Å². The molecule has 1 atom stereocenters. The summed E-state index contributed by atoms with van der Waals surface area (Å²) < 4.78 is 5.47. The number of aromatic nitrogens is 1. The van der Waals surface area contributed by atoms with E-state index in [2.05, 4.69) is 15.6 Å². The lowest BCUT2D eigenvalue weighted by Gasteiger charge is -2.13. The molecule has 0 saturated carbocycles. The van der Waals surface area contributed by atoms with Gasteiger partial charge >= 0.3 is 0 Å². The van der Waals surface area contributed by atoms with E-state index < -0.39 is 6.04 Å². The van der Waals surface area contributed by atoms with E-state index >= 15 is 0 Å². The van der Waals surface area contributed by atoms with Gasteiger partial charge in [0.1, 0.15) is 11.8 Å². The Bertz CT molecular complexity index is 1040. The van der Waals surface area contributed by atoms with Crippen LogP contribution >= 0.6 is 11.3 Å². The van der Waals surface area contributed by atoms with E-state index in [1.807, 2.05) is 57.2 Å². The maximum absolute atomic E-state index is 12.5. The van der Waals surface area contributed by atoms with Crippen molar-refractivity contribution in [2.45, 2.75) is 33.7 Å². The minimum Gasteiger partial charge on any atom is -0.494 e. The quantitative estimate of drug-likeness (QED) is 0.583. The van der Waals surface area contributed by atoms with E-state index in [4.69, 9.17) is 4.74 Å². The first-order valence-corrected chi connectivity index (χ1v) is 10.6. The molecule has 0 spiro atoms. The summed E-state index contributed by atoms with van der Waals surface area (Å²) >= 11 is 1.40. The molecule has 2 N–H and O–H groups in total. The van der Waals surface area contributed by atoms with Gasteiger partial charge in [-0.05, 0) is 64.1 Å². The number of anilines is 1. The lowest BCUT2D eigenvalue weighted by atomic mass is 10.1. The zero-order valence-electron chi connectivity index (χ0n) is 17.5. The van der Waals surface area contributed by atoms with Crippen molar-refractivity contribution in [1.82, 2.24) is 10.3 Å². The second-order valence-corrected chi connectivity index (χ2v) is 8.14. The average molecular weight is 424 g/mol. The molecule has 0 aliphatic heterocycles. The van der Waals surface area contributed by atoms with Crippen molar-refractivity contribution in [2.24, 2.45) is 0 Å². The minimum atomic E-state index is -0.698. The highest BCUT2D eigenvalue weighted by atomic mass is 32.1. The van der Waals surface area contributed by atoms with Crippen LogP contribution in [0.4, 0.5) is 5.13 Å². The van der Waals surface area contributed by atoms with Crippen LogP contribution in [0.3, 0.4) is 0 Å². The van der Waals surface area contributed by atoms with Crippen molar-refractivity contribution in [3.63, 3.8) is 0 Å². The smallest absolute Gasteiger partial charge is 0.251 e. The number of carbonyl (C=O) groups is 2. The predicted molar refractivity (Wildman–Crippen MR) is 120 cm³/mol. The summed E-state index contributed by atoms with van der Waals surface area (Å²) in [6.07, 6.45) is 0. The molecule has 1 unspecified atom stereocenters. The summed E-state index contributed by atoms with van der Waals surface area (Å²) in [5.74, 6) is 0.204. The highest BCUT2D eigenvalue weighted by Gasteiger charge is 2.19. The number of nitrogens with zero attached hydrogens (tertiary/aromatic N) is 1. The number of carbonyl (C=O) groups excluding carboxylic acids is 2. The Morgan fingerprint density at radius 3 is 2.53 bits per heavy atom. The van der Waals surface area contributed by atoms with Crippen molar-refractivity contribution < 1.29 is 14.3 Å². The molecule has 2 aromatic carbocycles. The molecule has 7 heteroatoms. The van der Waals surface area contributed by atoms with Gasteiger partial charge in [-0.15, -0.1) is 11.3 Å². The largest absolute Gasteiger partial charge is 0.494 e. The van der Waals surface area contributed by atoms with Gasteiger partial charge in [0, 0.05) is 16.0 Å². The van der Waals surface area contributed by atoms with Gasteiger partial charge in [-0.1, -0.05) is 17.7 Å². The molecule has 3 rings (SSSR count). The number of nitrogens with one attached hydrogen (secondary N) is 2. The summed E-state index contributed by atoms with van der Waals surface area (Å²) in [5.41, 5.74) is 3.28. The minimum absolute atomic E-state index is 0.285. The normalized spacial score (nSPS) is 11.6. The zero-order chi connectivity index (χ0) is 21.7. The molecule has 0 aliphatic carbocycles. The van der Waals surface area contributed by atoms with E-state index in [-0.39, 0.29) is 11.8 Å². The number of amides is 2. The van der Waals surface area contributed by atoms with Gasteiger partial charge in [0.15, 0.2) is 5.13 Å². The van der Waals surface area contributed by atoms with Crippen molar-refractivity contribution in [1.29, 1.82) is 0 Å². The molecule has 2 amide bonds. The number of hydrogen-bond acceptors (Lipinski definition) is 5. The standard InChI is InChI=1S/C23H25N3O3S/c1-5-29-19-11-9-17(10-12-19)20-16(4)30-23(25-20)26-21(27)15(3)24-22(28)18-8-6-7-14(2)13-18/h6-13,15H,5H2,1-4H3,(H,24,28)(H,25,26,27). The van der Waals surface area contributed by atoms with Gasteiger partial charge in [0.2, 0.25) is 5.91 Å². The fourth-order valence-corrected chi connectivity index (χ4v) is 3.78. The highest BCUT2D eigenvalue weighted by Crippen LogP contribution is 2.31. The number of hydrogen-bond donors (Lipinski definition) is 2. The Kier molecular flexibility index (Phi) is 6.84. The molecule has 1 aromatic heterocycles. The summed E-state index contributed by atoms with van der Waals surface area (Å²) in [6.45, 7) is 8.08. The molecule has 0 bridgehead atoms. The molecule has 0 saturated heterocycles. The van der Waals surface area contributed by atoms with Crippen LogP contribution in [0.1, 0.15) is 34.6 Å². The lowest BCUT2D eigenvalue weighted by molar-refractivity contribution is -0.117. The Balaban J connectivity index is 1.65. The van der Waals surface area contributed by atoms with E-state index in [0.29, 0.717) is 17.3 Å². The van der Waals surface area contributed by atoms with Crippen molar-refractivity contribution in [2.75, 3.05) is 11.9 Å². The van der Waals surface area contributed by atoms with Gasteiger partial charge in [-0.2, -0.15) is 0 Å². The molecule has 30 heavy (non-hydrogen) atoms. The number of benzene rings is 2. The first kappa shape index (κ1) is 21.5. The molecule has 156 valence electrons. The monoisotopic (exact) mass is 423 g/mol. The van der Waals surface area contributed by atoms with Gasteiger partial charge in [-0.25, -0.2) is 4.98 Å². The Morgan fingerprint density at radius 1 is 1.13 bits per heavy atom. The molecule has 0 aliphatic rings. The van der Waals surface area contributed by atoms with Crippen LogP contribution in [-0.2, 0) is 4.79 Å². The third-order valence-corrected chi connectivity index (χ3v) is 5.37. The Hall–Kier alpha value is -3.19. The second-order valence-electron chi connectivity index (χ2n) is 6.94. The maximum atomic E-state index is 12.5. The van der Waals surface area contributed by atoms with E-state index in [1.165, 1.54) is 11.3 Å². The molecular formula is C23H25N3O3S. The highest BCUT2D eigenvalue weighted by molar-refractivity contribution is 7.16. The predicted octanol–water partition coefficient (Wildman–Crippen LogP) is 4.58. The summed E-state index contributed by atoms with van der Waals surface area (Å²) in [7, 11) is 0. The van der Waals surface area contributed by atoms with Crippen LogP contribution in [0, 0.1) is 13.8 Å². The maximum Gasteiger partial charge on any atom is 0.251 e. The zero-order valence-corrected chi connectivity index (χ0v) is 18.3. The third-order valence-electron chi connectivity index (χ3n) is 4.49. The number of ether oxygens (including phenoxy) is 1. The van der Waals surface area contributed by atoms with Crippen LogP contribution in [0.2, 0.25) is 0 Å². The molecule has 0 radical (unpaired) electrons. The van der Waals surface area contributed by atoms with Crippen molar-refractivity contribution in [3.05, 3.63) is 64.5 Å². The number of thiazole rings is 1. The fraction of sp³-hybridized carbons (Fsp3) is 0.261. The van der Waals surface area contributed by atoms with Crippen LogP contribution in [0.25, 0.3) is 11.3 Å². The van der Waals surface area contributed by atoms with Gasteiger partial charge in [0.25, 0.3) is 5.91 Å². The summed E-state index contributed by atoms with van der Waals surface area (Å²) in [5, 5.41) is 6.03. The number of aryl methyl sites for hydroxylation is 2. The summed E-state index contributed by atoms with van der Waals surface area (Å²) in [6, 6.07) is 14.2. The fourth-order valence-electron chi connectivity index (χ4n) is 2.94. The third kappa shape index (κ3) is 5.24. The van der Waals surface area contributed by atoms with Crippen LogP contribution < -0.4 is 15.4 Å². The van der Waals surface area contributed by atoms with E-state index in [0.717, 1.165) is 27.4 Å². The van der Waals surface area contributed by atoms with Crippen LogP contribution in [0.15, 0.2) is 48.5 Å². The molecule has 1 heterocycles. The molecule has 6 nitrogen and oxygen atoms in total. The Morgan fingerprint density at radius 2 is 1.87 bits per heavy atom. The van der Waals surface area contributed by atoms with Gasteiger partial charge in [-0.3, -0.25) is 9.59 Å². The van der Waals surface area contributed by atoms with Crippen LogP contribution in [0.5, 0.6) is 5.75 Å². The molecular weight excluding hydrogens is 398 g/mol. The van der Waals surface area contributed by atoms with Gasteiger partial charge < -0.3 is 15.4 Å². The lowest BCUT2D eigenvalue weighted by Crippen LogP contribution is -2.41.